The van der Waals surface area contributed by atoms with Crippen molar-refractivity contribution in [2.75, 3.05) is 46.2 Å². The van der Waals surface area contributed by atoms with Crippen LogP contribution in [-0.4, -0.2) is 72.3 Å². The molecule has 3 aromatic rings. The summed E-state index contributed by atoms with van der Waals surface area (Å²) in [6, 6.07) is 3.28. The lowest BCUT2D eigenvalue weighted by molar-refractivity contribution is -0.117. The number of aromatic nitrogens is 3. The fraction of sp³-hybridized carbons (Fsp3) is 0.385. The Bertz CT molecular complexity index is 1400. The molecule has 202 valence electrons. The largest absolute Gasteiger partial charge is 0.495 e. The molecule has 0 aliphatic carbocycles. The van der Waals surface area contributed by atoms with Gasteiger partial charge in [0.25, 0.3) is 5.56 Å². The van der Waals surface area contributed by atoms with E-state index in [-0.39, 0.29) is 33.1 Å². The summed E-state index contributed by atoms with van der Waals surface area (Å²) in [4.78, 5) is 36.9. The van der Waals surface area contributed by atoms with Gasteiger partial charge in [-0.3, -0.25) is 19.1 Å². The second-order valence-corrected chi connectivity index (χ2v) is 9.63. The minimum Gasteiger partial charge on any atom is -0.495 e. The number of likely N-dealkylation sites (tertiary alicyclic amines) is 1. The molecule has 1 aliphatic rings. The minimum absolute atomic E-state index is 0.0223. The fourth-order valence-corrected chi connectivity index (χ4v) is 5.37. The Hall–Kier alpha value is -3.34. The summed E-state index contributed by atoms with van der Waals surface area (Å²) in [5.74, 6) is 0.863. The molecule has 3 heterocycles. The summed E-state index contributed by atoms with van der Waals surface area (Å²) in [5, 5.41) is 6.93. The first kappa shape index (κ1) is 27.7. The molecule has 0 bridgehead atoms. The van der Waals surface area contributed by atoms with Crippen LogP contribution in [0.25, 0.3) is 22.2 Å². The number of amides is 1. The highest BCUT2D eigenvalue weighted by atomic mass is 35.5. The molecular weight excluding hydrogens is 531 g/mol. The Morgan fingerprint density at radius 3 is 2.55 bits per heavy atom. The third kappa shape index (κ3) is 5.57. The number of nitrogens with one attached hydrogen (secondary N) is 2. The molecule has 10 nitrogen and oxygen atoms in total. The number of nitrogens with zero attached hydrogens (tertiary/aromatic N) is 4. The fourth-order valence-electron chi connectivity index (χ4n) is 4.67. The quantitative estimate of drug-likeness (QED) is 0.382. The molecule has 1 fully saturated rings. The van der Waals surface area contributed by atoms with Gasteiger partial charge in [-0.05, 0) is 31.5 Å². The third-order valence-corrected chi connectivity index (χ3v) is 7.32. The number of fused-ring (bicyclic) bond motifs is 1. The normalized spacial score (nSPS) is 15.8. The first-order valence-electron chi connectivity index (χ1n) is 12.1. The summed E-state index contributed by atoms with van der Waals surface area (Å²) < 4.78 is 12.4. The predicted octanol–water partition coefficient (Wildman–Crippen LogP) is 3.59. The monoisotopic (exact) mass is 560 g/mol. The van der Waals surface area contributed by atoms with Crippen molar-refractivity contribution in [2.24, 2.45) is 0 Å². The molecule has 0 unspecified atom stereocenters. The van der Waals surface area contributed by atoms with E-state index in [1.165, 1.54) is 20.3 Å². The maximum atomic E-state index is 14.0. The summed E-state index contributed by atoms with van der Waals surface area (Å²) in [5.41, 5.74) is 0.757. The lowest BCUT2D eigenvalue weighted by atomic mass is 10.0. The van der Waals surface area contributed by atoms with E-state index in [2.05, 4.69) is 32.1 Å². The number of hydrogen-bond acceptors (Lipinski definition) is 8. The van der Waals surface area contributed by atoms with Crippen LogP contribution in [0.3, 0.4) is 0 Å². The maximum absolute atomic E-state index is 14.0. The van der Waals surface area contributed by atoms with E-state index in [0.717, 1.165) is 19.4 Å². The molecule has 2 aromatic heterocycles. The zero-order valence-electron chi connectivity index (χ0n) is 21.5. The topological polar surface area (TPSA) is 111 Å². The number of piperidine rings is 1. The highest BCUT2D eigenvalue weighted by molar-refractivity contribution is 6.41. The van der Waals surface area contributed by atoms with Gasteiger partial charge in [0.15, 0.2) is 0 Å². The van der Waals surface area contributed by atoms with E-state index in [1.54, 1.807) is 29.9 Å². The third-order valence-electron chi connectivity index (χ3n) is 6.57. The first-order chi connectivity index (χ1) is 18.3. The van der Waals surface area contributed by atoms with Crippen LogP contribution < -0.4 is 25.7 Å². The zero-order chi connectivity index (χ0) is 27.4. The van der Waals surface area contributed by atoms with Gasteiger partial charge in [0.05, 0.1) is 29.8 Å². The molecule has 1 amide bonds. The molecule has 0 radical (unpaired) electrons. The van der Waals surface area contributed by atoms with Gasteiger partial charge in [0.2, 0.25) is 11.9 Å². The zero-order valence-corrected chi connectivity index (χ0v) is 23.0. The number of methoxy groups -OCH3 is 2. The summed E-state index contributed by atoms with van der Waals surface area (Å²) >= 11 is 13.3. The average Bonchev–Trinajstić information content (AvgIpc) is 2.93. The molecule has 1 atom stereocenters. The van der Waals surface area contributed by atoms with Crippen LogP contribution in [0.1, 0.15) is 12.8 Å². The number of pyridine rings is 1. The SMILES string of the molecule is C=CC(=O)N[C@H]1CCCN(CCn2c(=O)c(-c3c(Cl)c(OC)cc(OC)c3Cl)cc3cnc(NC)nc32)C1. The van der Waals surface area contributed by atoms with Gasteiger partial charge in [-0.15, -0.1) is 0 Å². The van der Waals surface area contributed by atoms with Crippen molar-refractivity contribution in [3.8, 4) is 22.6 Å². The van der Waals surface area contributed by atoms with E-state index in [1.807, 2.05) is 0 Å². The Kier molecular flexibility index (Phi) is 8.76. The smallest absolute Gasteiger partial charge is 0.260 e. The van der Waals surface area contributed by atoms with Crippen LogP contribution in [0, 0.1) is 0 Å². The van der Waals surface area contributed by atoms with Gasteiger partial charge in [0, 0.05) is 55.9 Å². The van der Waals surface area contributed by atoms with Gasteiger partial charge < -0.3 is 20.1 Å². The Balaban J connectivity index is 1.78. The minimum atomic E-state index is -0.314. The van der Waals surface area contributed by atoms with E-state index < -0.39 is 0 Å². The molecule has 38 heavy (non-hydrogen) atoms. The summed E-state index contributed by atoms with van der Waals surface area (Å²) in [7, 11) is 4.67. The Labute approximate surface area is 230 Å². The molecule has 1 saturated heterocycles. The van der Waals surface area contributed by atoms with Crippen molar-refractivity contribution in [1.29, 1.82) is 0 Å². The lowest BCUT2D eigenvalue weighted by Gasteiger charge is -2.33. The molecule has 1 aromatic carbocycles. The average molecular weight is 561 g/mol. The van der Waals surface area contributed by atoms with Gasteiger partial charge >= 0.3 is 0 Å². The van der Waals surface area contributed by atoms with Crippen LogP contribution in [0.2, 0.25) is 10.0 Å². The number of ether oxygens (including phenoxy) is 2. The van der Waals surface area contributed by atoms with E-state index in [4.69, 9.17) is 32.7 Å². The van der Waals surface area contributed by atoms with Crippen molar-refractivity contribution in [3.05, 3.63) is 51.4 Å². The number of carbonyl (C=O) groups is 1. The van der Waals surface area contributed by atoms with E-state index in [0.29, 0.717) is 53.7 Å². The van der Waals surface area contributed by atoms with Crippen molar-refractivity contribution >= 4 is 46.1 Å². The second kappa shape index (κ2) is 12.0. The highest BCUT2D eigenvalue weighted by Crippen LogP contribution is 2.45. The number of rotatable bonds is 9. The Morgan fingerprint density at radius 2 is 1.92 bits per heavy atom. The molecular formula is C26H30Cl2N6O4. The molecule has 0 spiro atoms. The number of hydrogen-bond donors (Lipinski definition) is 2. The molecule has 1 aliphatic heterocycles. The van der Waals surface area contributed by atoms with Crippen molar-refractivity contribution in [2.45, 2.75) is 25.4 Å². The van der Waals surface area contributed by atoms with Gasteiger partial charge in [0.1, 0.15) is 17.1 Å². The van der Waals surface area contributed by atoms with Crippen LogP contribution in [-0.2, 0) is 11.3 Å². The molecule has 12 heteroatoms. The predicted molar refractivity (Wildman–Crippen MR) is 150 cm³/mol. The Morgan fingerprint density at radius 1 is 1.21 bits per heavy atom. The number of halogens is 2. The second-order valence-electron chi connectivity index (χ2n) is 8.87. The van der Waals surface area contributed by atoms with Crippen LogP contribution in [0.5, 0.6) is 11.5 Å². The molecule has 4 rings (SSSR count). The standard InChI is InChI=1S/C26H30Cl2N6O4/c1-5-20(35)31-16-7-6-8-33(14-16)9-10-34-24-15(13-30-26(29-2)32-24)11-17(25(34)36)21-22(27)18(37-3)12-19(38-4)23(21)28/h5,11-13,16H,1,6-10,14H2,2-4H3,(H,31,35)(H,29,30,32)/t16-/m0/s1. The van der Waals surface area contributed by atoms with Crippen molar-refractivity contribution < 1.29 is 14.3 Å². The van der Waals surface area contributed by atoms with Crippen LogP contribution in [0.4, 0.5) is 5.95 Å². The van der Waals surface area contributed by atoms with Crippen molar-refractivity contribution in [1.82, 2.24) is 24.8 Å². The highest BCUT2D eigenvalue weighted by Gasteiger charge is 2.25. The number of carbonyl (C=O) groups excluding carboxylic acids is 1. The van der Waals surface area contributed by atoms with Gasteiger partial charge in [-0.25, -0.2) is 4.98 Å². The molecule has 0 saturated carbocycles. The van der Waals surface area contributed by atoms with Gasteiger partial charge in [-0.1, -0.05) is 29.8 Å². The van der Waals surface area contributed by atoms with Gasteiger partial charge in [-0.2, -0.15) is 4.98 Å². The molecule has 2 N–H and O–H groups in total. The van der Waals surface area contributed by atoms with Crippen molar-refractivity contribution in [3.63, 3.8) is 0 Å². The number of benzene rings is 1. The maximum Gasteiger partial charge on any atom is 0.260 e. The van der Waals surface area contributed by atoms with Crippen LogP contribution >= 0.6 is 23.2 Å². The summed E-state index contributed by atoms with van der Waals surface area (Å²) in [6.07, 6.45) is 4.74. The van der Waals surface area contributed by atoms with E-state index in [9.17, 15) is 9.59 Å². The van der Waals surface area contributed by atoms with E-state index >= 15 is 0 Å². The summed E-state index contributed by atoms with van der Waals surface area (Å²) in [6.45, 7) is 5.97. The lowest BCUT2D eigenvalue weighted by Crippen LogP contribution is -2.48. The first-order valence-corrected chi connectivity index (χ1v) is 12.9. The number of anilines is 1. The van der Waals surface area contributed by atoms with Crippen LogP contribution in [0.15, 0.2) is 35.8 Å².